The van der Waals surface area contributed by atoms with E-state index in [-0.39, 0.29) is 5.75 Å². The Balaban J connectivity index is 1.69. The Morgan fingerprint density at radius 2 is 2.35 bits per heavy atom. The minimum atomic E-state index is 0.254. The smallest absolute Gasteiger partial charge is 0.139 e. The van der Waals surface area contributed by atoms with Gasteiger partial charge in [-0.05, 0) is 47.4 Å². The molecule has 2 aromatic heterocycles. The molecule has 0 amide bonds. The van der Waals surface area contributed by atoms with E-state index in [1.165, 1.54) is 6.42 Å². The zero-order valence-corrected chi connectivity index (χ0v) is 12.7. The average Bonchev–Trinajstić information content (AvgIpc) is 3.06. The Kier molecular flexibility index (Phi) is 4.03. The number of hydrogen-bond donors (Lipinski definition) is 1. The molecule has 1 unspecified atom stereocenters. The van der Waals surface area contributed by atoms with Gasteiger partial charge < -0.3 is 5.11 Å². The summed E-state index contributed by atoms with van der Waals surface area (Å²) in [5, 5.41) is 14.2. The molecule has 3 rings (SSSR count). The predicted molar refractivity (Wildman–Crippen MR) is 79.3 cm³/mol. The third-order valence-electron chi connectivity index (χ3n) is 3.72. The fraction of sp³-hybridized carbons (Fsp3) is 0.429. The molecule has 20 heavy (non-hydrogen) atoms. The van der Waals surface area contributed by atoms with E-state index in [1.807, 2.05) is 16.9 Å². The summed E-state index contributed by atoms with van der Waals surface area (Å²) in [5.41, 5.74) is 0.737. The van der Waals surface area contributed by atoms with E-state index in [2.05, 4.69) is 30.9 Å². The van der Waals surface area contributed by atoms with Crippen LogP contribution in [0.3, 0.4) is 0 Å². The standard InChI is InChI=1S/C14H17BrN4O/c15-11-7-14(20)13(16-8-11)10-18-5-1-3-12(18)9-19-6-2-4-17-19/h2,4,6-8,12,20H,1,3,5,9-10H2. The molecule has 0 spiro atoms. The zero-order chi connectivity index (χ0) is 13.9. The first-order valence-electron chi connectivity index (χ1n) is 6.77. The summed E-state index contributed by atoms with van der Waals surface area (Å²) in [4.78, 5) is 6.68. The molecule has 1 N–H and O–H groups in total. The molecular formula is C14H17BrN4O. The molecule has 0 saturated carbocycles. The predicted octanol–water partition coefficient (Wildman–Crippen LogP) is 2.41. The summed E-state index contributed by atoms with van der Waals surface area (Å²) < 4.78 is 2.77. The largest absolute Gasteiger partial charge is 0.506 e. The van der Waals surface area contributed by atoms with Gasteiger partial charge in [0, 0.05) is 35.6 Å². The first-order chi connectivity index (χ1) is 9.72. The van der Waals surface area contributed by atoms with Crippen LogP contribution in [0.25, 0.3) is 0 Å². The van der Waals surface area contributed by atoms with Crippen molar-refractivity contribution < 1.29 is 5.11 Å². The van der Waals surface area contributed by atoms with Crippen LogP contribution in [0.1, 0.15) is 18.5 Å². The molecule has 0 aromatic carbocycles. The van der Waals surface area contributed by atoms with Gasteiger partial charge in [-0.1, -0.05) is 0 Å². The lowest BCUT2D eigenvalue weighted by atomic mass is 10.2. The zero-order valence-electron chi connectivity index (χ0n) is 11.1. The van der Waals surface area contributed by atoms with Crippen molar-refractivity contribution in [2.24, 2.45) is 0 Å². The minimum absolute atomic E-state index is 0.254. The number of aromatic hydroxyl groups is 1. The lowest BCUT2D eigenvalue weighted by molar-refractivity contribution is 0.214. The number of halogens is 1. The summed E-state index contributed by atoms with van der Waals surface area (Å²) in [6, 6.07) is 4.10. The number of pyridine rings is 1. The second kappa shape index (κ2) is 5.93. The quantitative estimate of drug-likeness (QED) is 0.931. The Hall–Kier alpha value is -1.40. The summed E-state index contributed by atoms with van der Waals surface area (Å²) >= 11 is 3.31. The molecule has 1 fully saturated rings. The third kappa shape index (κ3) is 3.02. The highest BCUT2D eigenvalue weighted by Crippen LogP contribution is 2.25. The Bertz CT molecular complexity index is 573. The number of hydrogen-bond acceptors (Lipinski definition) is 4. The molecule has 2 aromatic rings. The second-order valence-corrected chi connectivity index (χ2v) is 6.03. The summed E-state index contributed by atoms with van der Waals surface area (Å²) in [7, 11) is 0. The van der Waals surface area contributed by atoms with Gasteiger partial charge in [0.15, 0.2) is 0 Å². The molecule has 0 bridgehead atoms. The third-order valence-corrected chi connectivity index (χ3v) is 4.16. The van der Waals surface area contributed by atoms with Gasteiger partial charge in [0.05, 0.1) is 12.2 Å². The van der Waals surface area contributed by atoms with Crippen molar-refractivity contribution in [1.82, 2.24) is 19.7 Å². The van der Waals surface area contributed by atoms with Crippen molar-refractivity contribution in [2.75, 3.05) is 6.54 Å². The van der Waals surface area contributed by atoms with Crippen molar-refractivity contribution in [3.63, 3.8) is 0 Å². The lowest BCUT2D eigenvalue weighted by Crippen LogP contribution is -2.33. The molecule has 6 heteroatoms. The van der Waals surface area contributed by atoms with Gasteiger partial charge in [-0.25, -0.2) is 0 Å². The van der Waals surface area contributed by atoms with Crippen molar-refractivity contribution in [1.29, 1.82) is 0 Å². The van der Waals surface area contributed by atoms with Crippen LogP contribution in [0.4, 0.5) is 0 Å². The summed E-state index contributed by atoms with van der Waals surface area (Å²) in [6.07, 6.45) is 7.88. The molecule has 3 heterocycles. The molecular weight excluding hydrogens is 320 g/mol. The van der Waals surface area contributed by atoms with Crippen LogP contribution >= 0.6 is 15.9 Å². The van der Waals surface area contributed by atoms with Gasteiger partial charge in [0.2, 0.25) is 0 Å². The Morgan fingerprint density at radius 3 is 3.10 bits per heavy atom. The monoisotopic (exact) mass is 336 g/mol. The number of nitrogens with zero attached hydrogens (tertiary/aromatic N) is 4. The summed E-state index contributed by atoms with van der Waals surface area (Å²) in [6.45, 7) is 2.62. The van der Waals surface area contributed by atoms with E-state index in [1.54, 1.807) is 18.5 Å². The average molecular weight is 337 g/mol. The molecule has 1 atom stereocenters. The van der Waals surface area contributed by atoms with E-state index < -0.39 is 0 Å². The van der Waals surface area contributed by atoms with E-state index in [4.69, 9.17) is 0 Å². The molecule has 1 aliphatic heterocycles. The van der Waals surface area contributed by atoms with Gasteiger partial charge in [0.1, 0.15) is 5.75 Å². The molecule has 106 valence electrons. The van der Waals surface area contributed by atoms with Crippen LogP contribution in [0.2, 0.25) is 0 Å². The molecule has 1 saturated heterocycles. The van der Waals surface area contributed by atoms with Crippen LogP contribution < -0.4 is 0 Å². The Morgan fingerprint density at radius 1 is 1.45 bits per heavy atom. The van der Waals surface area contributed by atoms with Crippen molar-refractivity contribution in [2.45, 2.75) is 32.0 Å². The van der Waals surface area contributed by atoms with E-state index in [0.717, 1.165) is 29.7 Å². The maximum atomic E-state index is 9.96. The topological polar surface area (TPSA) is 54.2 Å². The van der Waals surface area contributed by atoms with Crippen molar-refractivity contribution in [3.8, 4) is 5.75 Å². The van der Waals surface area contributed by atoms with E-state index in [9.17, 15) is 5.11 Å². The van der Waals surface area contributed by atoms with Crippen molar-refractivity contribution >= 4 is 15.9 Å². The van der Waals surface area contributed by atoms with Crippen LogP contribution in [0.5, 0.6) is 5.75 Å². The number of likely N-dealkylation sites (tertiary alicyclic amines) is 1. The van der Waals surface area contributed by atoms with E-state index >= 15 is 0 Å². The van der Waals surface area contributed by atoms with Gasteiger partial charge in [-0.15, -0.1) is 0 Å². The SMILES string of the molecule is Oc1cc(Br)cnc1CN1CCCC1Cn1cccn1. The number of aromatic nitrogens is 3. The van der Waals surface area contributed by atoms with Crippen LogP contribution in [0, 0.1) is 0 Å². The maximum Gasteiger partial charge on any atom is 0.139 e. The van der Waals surface area contributed by atoms with Crippen LogP contribution in [0.15, 0.2) is 35.2 Å². The first kappa shape index (κ1) is 13.6. The van der Waals surface area contributed by atoms with Gasteiger partial charge >= 0.3 is 0 Å². The maximum absolute atomic E-state index is 9.96. The first-order valence-corrected chi connectivity index (χ1v) is 7.56. The molecule has 5 nitrogen and oxygen atoms in total. The number of rotatable bonds is 4. The van der Waals surface area contributed by atoms with Gasteiger partial charge in [0.25, 0.3) is 0 Å². The normalized spacial score (nSPS) is 19.6. The van der Waals surface area contributed by atoms with Crippen molar-refractivity contribution in [3.05, 3.63) is 40.9 Å². The lowest BCUT2D eigenvalue weighted by Gasteiger charge is -2.24. The van der Waals surface area contributed by atoms with E-state index in [0.29, 0.717) is 12.6 Å². The Labute approximate surface area is 126 Å². The highest BCUT2D eigenvalue weighted by atomic mass is 79.9. The van der Waals surface area contributed by atoms with Crippen LogP contribution in [-0.2, 0) is 13.1 Å². The van der Waals surface area contributed by atoms with Gasteiger partial charge in [-0.2, -0.15) is 5.10 Å². The molecule has 1 aliphatic rings. The highest BCUT2D eigenvalue weighted by Gasteiger charge is 2.26. The second-order valence-electron chi connectivity index (χ2n) is 5.11. The molecule has 0 aliphatic carbocycles. The highest BCUT2D eigenvalue weighted by molar-refractivity contribution is 9.10. The minimum Gasteiger partial charge on any atom is -0.506 e. The van der Waals surface area contributed by atoms with Gasteiger partial charge in [-0.3, -0.25) is 14.6 Å². The summed E-state index contributed by atoms with van der Waals surface area (Å²) in [5.74, 6) is 0.254. The fourth-order valence-electron chi connectivity index (χ4n) is 2.71. The fourth-order valence-corrected chi connectivity index (χ4v) is 3.02. The van der Waals surface area contributed by atoms with Crippen LogP contribution in [-0.4, -0.2) is 37.4 Å². The molecule has 0 radical (unpaired) electrons.